The summed E-state index contributed by atoms with van der Waals surface area (Å²) in [6.45, 7) is 3.38. The van der Waals surface area contributed by atoms with Crippen molar-refractivity contribution in [2.75, 3.05) is 12.1 Å². The number of carbonyl (C=O) groups is 2. The normalized spacial score (nSPS) is 13.7. The molecular formula is C21H21FN2O7. The second-order valence-corrected chi connectivity index (χ2v) is 7.32. The fourth-order valence-electron chi connectivity index (χ4n) is 2.98. The lowest BCUT2D eigenvalue weighted by molar-refractivity contribution is -0.124. The number of anilines is 1. The van der Waals surface area contributed by atoms with Crippen molar-refractivity contribution in [2.45, 2.75) is 20.0 Å². The Morgan fingerprint density at radius 3 is 2.65 bits per heavy atom. The Labute approximate surface area is 177 Å². The van der Waals surface area contributed by atoms with Gasteiger partial charge in [-0.05, 0) is 29.8 Å². The lowest BCUT2D eigenvalue weighted by Gasteiger charge is -2.31. The smallest absolute Gasteiger partial charge is 0.412 e. The molecular weight excluding hydrogens is 411 g/mol. The lowest BCUT2D eigenvalue weighted by Crippen LogP contribution is -2.28. The summed E-state index contributed by atoms with van der Waals surface area (Å²) in [7, 11) is 0. The Bertz CT molecular complexity index is 1020. The van der Waals surface area contributed by atoms with Gasteiger partial charge in [0.15, 0.2) is 23.1 Å². The number of ether oxygens (including phenoxy) is 3. The topological polar surface area (TPSA) is 126 Å². The molecule has 1 aliphatic rings. The number of aromatic hydroxyl groups is 1. The molecule has 9 nitrogen and oxygen atoms in total. The van der Waals surface area contributed by atoms with Crippen molar-refractivity contribution in [3.8, 4) is 17.2 Å². The quantitative estimate of drug-likeness (QED) is 0.312. The van der Waals surface area contributed by atoms with Crippen molar-refractivity contribution in [1.82, 2.24) is 5.48 Å². The van der Waals surface area contributed by atoms with Gasteiger partial charge in [0.1, 0.15) is 6.10 Å². The molecule has 0 unspecified atom stereocenters. The van der Waals surface area contributed by atoms with Gasteiger partial charge >= 0.3 is 6.09 Å². The third-order valence-corrected chi connectivity index (χ3v) is 4.57. The van der Waals surface area contributed by atoms with Crippen LogP contribution >= 0.6 is 0 Å². The average Bonchev–Trinajstić information content (AvgIpc) is 3.20. The van der Waals surface area contributed by atoms with E-state index in [4.69, 9.17) is 19.4 Å². The summed E-state index contributed by atoms with van der Waals surface area (Å²) in [4.78, 5) is 24.0. The first-order chi connectivity index (χ1) is 14.7. The average molecular weight is 432 g/mol. The molecule has 0 bridgehead atoms. The maximum absolute atomic E-state index is 14.0. The molecule has 0 radical (unpaired) electrons. The summed E-state index contributed by atoms with van der Waals surface area (Å²) in [5.41, 5.74) is 1.09. The van der Waals surface area contributed by atoms with Crippen LogP contribution in [0.15, 0.2) is 48.6 Å². The number of hydrogen-bond donors (Lipinski definition) is 4. The number of rotatable bonds is 6. The van der Waals surface area contributed by atoms with E-state index in [-0.39, 0.29) is 12.4 Å². The zero-order valence-corrected chi connectivity index (χ0v) is 16.7. The highest BCUT2D eigenvalue weighted by atomic mass is 19.1. The third kappa shape index (κ3) is 5.23. The van der Waals surface area contributed by atoms with Gasteiger partial charge in [0.2, 0.25) is 6.79 Å². The highest BCUT2D eigenvalue weighted by molar-refractivity contribution is 5.87. The van der Waals surface area contributed by atoms with Crippen molar-refractivity contribution in [3.05, 3.63) is 59.9 Å². The molecule has 1 heterocycles. The Balaban J connectivity index is 1.84. The van der Waals surface area contributed by atoms with Crippen molar-refractivity contribution < 1.29 is 38.5 Å². The monoisotopic (exact) mass is 432 g/mol. The minimum absolute atomic E-state index is 0.0830. The van der Waals surface area contributed by atoms with E-state index in [0.29, 0.717) is 17.2 Å². The van der Waals surface area contributed by atoms with Crippen molar-refractivity contribution in [1.29, 1.82) is 0 Å². The maximum Gasteiger partial charge on any atom is 0.412 e. The minimum Gasteiger partial charge on any atom is -0.505 e. The molecule has 10 heteroatoms. The van der Waals surface area contributed by atoms with Crippen LogP contribution in [-0.2, 0) is 9.53 Å². The maximum atomic E-state index is 14.0. The summed E-state index contributed by atoms with van der Waals surface area (Å²) in [5.74, 6) is -1.22. The highest BCUT2D eigenvalue weighted by Crippen LogP contribution is 2.40. The van der Waals surface area contributed by atoms with E-state index >= 15 is 0 Å². The molecule has 2 aromatic carbocycles. The zero-order chi connectivity index (χ0) is 22.6. The van der Waals surface area contributed by atoms with Crippen LogP contribution in [0.5, 0.6) is 17.2 Å². The fraction of sp³-hybridized carbons (Fsp3) is 0.238. The SMILES string of the molecule is CC(C)(/C=C/C(=O)NO)[C@@H](OC(=O)Nc1ccc2c(c1)OCO2)c1ccc(O)c(F)c1. The van der Waals surface area contributed by atoms with Crippen molar-refractivity contribution >= 4 is 17.7 Å². The molecule has 3 rings (SSSR count). The number of phenolic OH excluding ortho intramolecular Hbond substituents is 1. The van der Waals surface area contributed by atoms with Gasteiger partial charge in [0.25, 0.3) is 5.91 Å². The number of phenols is 1. The summed E-state index contributed by atoms with van der Waals surface area (Å²) >= 11 is 0. The predicted molar refractivity (Wildman–Crippen MR) is 106 cm³/mol. The number of nitrogens with one attached hydrogen (secondary N) is 2. The predicted octanol–water partition coefficient (Wildman–Crippen LogP) is 3.64. The van der Waals surface area contributed by atoms with Crippen LogP contribution in [0.3, 0.4) is 0 Å². The van der Waals surface area contributed by atoms with Crippen LogP contribution in [0.25, 0.3) is 0 Å². The molecule has 2 amide bonds. The summed E-state index contributed by atoms with van der Waals surface area (Å²) in [6.07, 6.45) is 0.565. The molecule has 2 aromatic rings. The summed E-state index contributed by atoms with van der Waals surface area (Å²) < 4.78 is 30.0. The zero-order valence-electron chi connectivity index (χ0n) is 16.7. The van der Waals surface area contributed by atoms with Gasteiger partial charge in [0.05, 0.1) is 0 Å². The number of halogens is 1. The first-order valence-corrected chi connectivity index (χ1v) is 9.18. The van der Waals surface area contributed by atoms with Crippen molar-refractivity contribution in [2.24, 2.45) is 5.41 Å². The van der Waals surface area contributed by atoms with Gasteiger partial charge in [-0.1, -0.05) is 26.0 Å². The molecule has 0 saturated carbocycles. The number of amides is 2. The molecule has 0 aromatic heterocycles. The Kier molecular flexibility index (Phi) is 6.30. The molecule has 0 aliphatic carbocycles. The van der Waals surface area contributed by atoms with Gasteiger partial charge in [-0.3, -0.25) is 15.3 Å². The van der Waals surface area contributed by atoms with E-state index in [1.165, 1.54) is 17.6 Å². The standard InChI is InChI=1S/C21H21FN2O7/c1-21(2,8-7-18(26)24-28)19(12-3-5-15(25)14(22)9-12)31-20(27)23-13-4-6-16-17(10-13)30-11-29-16/h3-10,19,25,28H,11H2,1-2H3,(H,23,27)(H,24,26)/b8-7+/t19-/m0/s1. The van der Waals surface area contributed by atoms with E-state index < -0.39 is 35.1 Å². The number of fused-ring (bicyclic) bond motifs is 1. The Morgan fingerprint density at radius 1 is 1.19 bits per heavy atom. The van der Waals surface area contributed by atoms with Crippen LogP contribution in [0.2, 0.25) is 0 Å². The van der Waals surface area contributed by atoms with E-state index in [9.17, 15) is 19.1 Å². The first kappa shape index (κ1) is 21.9. The van der Waals surface area contributed by atoms with Gasteiger partial charge in [-0.15, -0.1) is 0 Å². The highest BCUT2D eigenvalue weighted by Gasteiger charge is 2.33. The number of hydroxylamine groups is 1. The second-order valence-electron chi connectivity index (χ2n) is 7.32. The van der Waals surface area contributed by atoms with Crippen LogP contribution in [0.1, 0.15) is 25.5 Å². The van der Waals surface area contributed by atoms with Gasteiger partial charge in [-0.2, -0.15) is 0 Å². The van der Waals surface area contributed by atoms with E-state index in [1.54, 1.807) is 32.0 Å². The molecule has 0 fully saturated rings. The molecule has 4 N–H and O–H groups in total. The summed E-state index contributed by atoms with van der Waals surface area (Å²) in [6, 6.07) is 8.37. The molecule has 1 aliphatic heterocycles. The largest absolute Gasteiger partial charge is 0.505 e. The van der Waals surface area contributed by atoms with E-state index in [2.05, 4.69) is 5.32 Å². The number of carbonyl (C=O) groups excluding carboxylic acids is 2. The number of hydrogen-bond acceptors (Lipinski definition) is 7. The third-order valence-electron chi connectivity index (χ3n) is 4.57. The van der Waals surface area contributed by atoms with E-state index in [0.717, 1.165) is 18.2 Å². The molecule has 1 atom stereocenters. The Hall–Kier alpha value is -3.79. The fourth-order valence-corrected chi connectivity index (χ4v) is 2.98. The second kappa shape index (κ2) is 8.92. The van der Waals surface area contributed by atoms with Crippen molar-refractivity contribution in [3.63, 3.8) is 0 Å². The van der Waals surface area contributed by atoms with Crippen LogP contribution < -0.4 is 20.3 Å². The molecule has 0 saturated heterocycles. The van der Waals surface area contributed by atoms with Gasteiger partial charge < -0.3 is 19.3 Å². The lowest BCUT2D eigenvalue weighted by atomic mass is 9.82. The summed E-state index contributed by atoms with van der Waals surface area (Å²) in [5, 5.41) is 20.7. The first-order valence-electron chi connectivity index (χ1n) is 9.18. The molecule has 0 spiro atoms. The van der Waals surface area contributed by atoms with E-state index in [1.807, 2.05) is 0 Å². The van der Waals surface area contributed by atoms with Gasteiger partial charge in [-0.25, -0.2) is 14.7 Å². The Morgan fingerprint density at radius 2 is 1.94 bits per heavy atom. The van der Waals surface area contributed by atoms with Gasteiger partial charge in [0, 0.05) is 23.2 Å². The minimum atomic E-state index is -1.06. The molecule has 31 heavy (non-hydrogen) atoms. The van der Waals surface area contributed by atoms with Crippen LogP contribution in [0, 0.1) is 11.2 Å². The molecule has 164 valence electrons. The van der Waals surface area contributed by atoms with Crippen LogP contribution in [-0.4, -0.2) is 29.1 Å². The van der Waals surface area contributed by atoms with Crippen LogP contribution in [0.4, 0.5) is 14.9 Å². The number of benzene rings is 2.